The van der Waals surface area contributed by atoms with Crippen LogP contribution in [0.5, 0.6) is 0 Å². The Morgan fingerprint density at radius 2 is 2.13 bits per heavy atom. The monoisotopic (exact) mass is 211 g/mol. The van der Waals surface area contributed by atoms with E-state index < -0.39 is 0 Å². The first kappa shape index (κ1) is 10.5. The van der Waals surface area contributed by atoms with E-state index >= 15 is 0 Å². The molecule has 0 radical (unpaired) electrons. The third kappa shape index (κ3) is 2.49. The molecular weight excluding hydrogens is 194 g/mol. The van der Waals surface area contributed by atoms with Gasteiger partial charge in [0.2, 0.25) is 5.91 Å². The summed E-state index contributed by atoms with van der Waals surface area (Å²) in [5.41, 5.74) is 0. The van der Waals surface area contributed by atoms with Crippen LogP contribution in [0.4, 0.5) is 0 Å². The van der Waals surface area contributed by atoms with E-state index in [2.05, 4.69) is 4.74 Å². The molecule has 4 heteroatoms. The molecule has 2 aliphatic rings. The van der Waals surface area contributed by atoms with Gasteiger partial charge in [-0.25, -0.2) is 0 Å². The molecule has 0 aromatic heterocycles. The molecule has 15 heavy (non-hydrogen) atoms. The average molecular weight is 211 g/mol. The summed E-state index contributed by atoms with van der Waals surface area (Å²) in [6, 6.07) is 0. The maximum absolute atomic E-state index is 11.7. The van der Waals surface area contributed by atoms with Crippen molar-refractivity contribution in [3.63, 3.8) is 0 Å². The number of piperidine rings is 1. The number of methoxy groups -OCH3 is 1. The number of amides is 1. The molecule has 0 spiro atoms. The average Bonchev–Trinajstić information content (AvgIpc) is 3.04. The molecule has 2 rings (SSSR count). The molecule has 1 saturated heterocycles. The molecule has 2 fully saturated rings. The second-order valence-electron chi connectivity index (χ2n) is 4.48. The van der Waals surface area contributed by atoms with Gasteiger partial charge in [0.05, 0.1) is 7.11 Å². The van der Waals surface area contributed by atoms with Gasteiger partial charge in [-0.3, -0.25) is 9.59 Å². The first-order valence-corrected chi connectivity index (χ1v) is 5.55. The Morgan fingerprint density at radius 3 is 2.67 bits per heavy atom. The van der Waals surface area contributed by atoms with E-state index in [4.69, 9.17) is 0 Å². The number of ether oxygens (including phenoxy) is 1. The van der Waals surface area contributed by atoms with Gasteiger partial charge in [-0.1, -0.05) is 0 Å². The SMILES string of the molecule is COC(=O)CN1CC[C@H](C2CC2)CC1=O. The highest BCUT2D eigenvalue weighted by Gasteiger charge is 2.36. The van der Waals surface area contributed by atoms with Crippen LogP contribution in [-0.4, -0.2) is 37.0 Å². The maximum Gasteiger partial charge on any atom is 0.325 e. The number of hydrogen-bond donors (Lipinski definition) is 0. The van der Waals surface area contributed by atoms with E-state index in [1.165, 1.54) is 20.0 Å². The Bertz CT molecular complexity index is 273. The van der Waals surface area contributed by atoms with Crippen LogP contribution in [0.1, 0.15) is 25.7 Å². The standard InChI is InChI=1S/C11H17NO3/c1-15-11(14)7-12-5-4-9(6-10(12)13)8-2-3-8/h8-9H,2-7H2,1H3/t9-/m0/s1. The van der Waals surface area contributed by atoms with E-state index in [1.54, 1.807) is 4.90 Å². The molecule has 4 nitrogen and oxygen atoms in total. The van der Waals surface area contributed by atoms with Crippen molar-refractivity contribution in [2.45, 2.75) is 25.7 Å². The minimum atomic E-state index is -0.326. The number of rotatable bonds is 3. The molecule has 1 saturated carbocycles. The van der Waals surface area contributed by atoms with E-state index in [1.807, 2.05) is 0 Å². The Labute approximate surface area is 89.6 Å². The lowest BCUT2D eigenvalue weighted by atomic mass is 9.91. The molecule has 0 aromatic rings. The van der Waals surface area contributed by atoms with E-state index in [-0.39, 0.29) is 18.4 Å². The van der Waals surface area contributed by atoms with Gasteiger partial charge >= 0.3 is 5.97 Å². The summed E-state index contributed by atoms with van der Waals surface area (Å²) in [7, 11) is 1.35. The second-order valence-corrected chi connectivity index (χ2v) is 4.48. The van der Waals surface area contributed by atoms with Crippen LogP contribution < -0.4 is 0 Å². The predicted molar refractivity (Wildman–Crippen MR) is 54.0 cm³/mol. The van der Waals surface area contributed by atoms with Crippen molar-refractivity contribution >= 4 is 11.9 Å². The number of esters is 1. The quantitative estimate of drug-likeness (QED) is 0.649. The molecule has 0 bridgehead atoms. The van der Waals surface area contributed by atoms with Crippen molar-refractivity contribution in [3.05, 3.63) is 0 Å². The minimum Gasteiger partial charge on any atom is -0.468 e. The van der Waals surface area contributed by atoms with Crippen LogP contribution in [-0.2, 0) is 14.3 Å². The molecular formula is C11H17NO3. The third-order valence-corrected chi connectivity index (χ3v) is 3.40. The first-order valence-electron chi connectivity index (χ1n) is 5.55. The fraction of sp³-hybridized carbons (Fsp3) is 0.818. The van der Waals surface area contributed by atoms with Crippen LogP contribution in [0.25, 0.3) is 0 Å². The van der Waals surface area contributed by atoms with E-state index in [0.29, 0.717) is 12.3 Å². The topological polar surface area (TPSA) is 46.6 Å². The second kappa shape index (κ2) is 4.21. The van der Waals surface area contributed by atoms with Crippen LogP contribution in [0, 0.1) is 11.8 Å². The van der Waals surface area contributed by atoms with Gasteiger partial charge in [-0.15, -0.1) is 0 Å². The van der Waals surface area contributed by atoms with Gasteiger partial charge in [0.1, 0.15) is 6.54 Å². The lowest BCUT2D eigenvalue weighted by molar-refractivity contribution is -0.148. The summed E-state index contributed by atoms with van der Waals surface area (Å²) in [6.07, 6.45) is 4.25. The Hall–Kier alpha value is -1.06. The lowest BCUT2D eigenvalue weighted by Crippen LogP contribution is -2.42. The van der Waals surface area contributed by atoms with Crippen LogP contribution in [0.15, 0.2) is 0 Å². The van der Waals surface area contributed by atoms with Crippen LogP contribution >= 0.6 is 0 Å². The number of carbonyl (C=O) groups excluding carboxylic acids is 2. The Morgan fingerprint density at radius 1 is 1.40 bits per heavy atom. The molecule has 1 amide bonds. The molecule has 1 atom stereocenters. The van der Waals surface area contributed by atoms with Gasteiger partial charge in [-0.2, -0.15) is 0 Å². The van der Waals surface area contributed by atoms with Crippen molar-refractivity contribution < 1.29 is 14.3 Å². The Kier molecular flexibility index (Phi) is 2.93. The number of nitrogens with zero attached hydrogens (tertiary/aromatic N) is 1. The van der Waals surface area contributed by atoms with Crippen LogP contribution in [0.2, 0.25) is 0 Å². The summed E-state index contributed by atoms with van der Waals surface area (Å²) in [4.78, 5) is 24.4. The zero-order chi connectivity index (χ0) is 10.8. The van der Waals surface area contributed by atoms with E-state index in [9.17, 15) is 9.59 Å². The normalized spacial score (nSPS) is 26.6. The zero-order valence-electron chi connectivity index (χ0n) is 9.07. The fourth-order valence-corrected chi connectivity index (χ4v) is 2.26. The number of likely N-dealkylation sites (tertiary alicyclic amines) is 1. The summed E-state index contributed by atoms with van der Waals surface area (Å²) >= 11 is 0. The summed E-state index contributed by atoms with van der Waals surface area (Å²) < 4.78 is 4.56. The smallest absolute Gasteiger partial charge is 0.325 e. The molecule has 1 aliphatic carbocycles. The minimum absolute atomic E-state index is 0.114. The van der Waals surface area contributed by atoms with Crippen molar-refractivity contribution in [2.75, 3.05) is 20.2 Å². The third-order valence-electron chi connectivity index (χ3n) is 3.40. The zero-order valence-corrected chi connectivity index (χ0v) is 9.07. The van der Waals surface area contributed by atoms with Crippen LogP contribution in [0.3, 0.4) is 0 Å². The summed E-state index contributed by atoms with van der Waals surface area (Å²) in [5.74, 6) is 1.15. The van der Waals surface area contributed by atoms with Gasteiger partial charge < -0.3 is 9.64 Å². The summed E-state index contributed by atoms with van der Waals surface area (Å²) in [6.45, 7) is 0.835. The maximum atomic E-state index is 11.7. The molecule has 84 valence electrons. The van der Waals surface area contributed by atoms with Gasteiger partial charge in [0.15, 0.2) is 0 Å². The fourth-order valence-electron chi connectivity index (χ4n) is 2.26. The summed E-state index contributed by atoms with van der Waals surface area (Å²) in [5, 5.41) is 0. The highest BCUT2D eigenvalue weighted by molar-refractivity contribution is 5.82. The molecule has 0 unspecified atom stereocenters. The Balaban J connectivity index is 1.83. The number of carbonyl (C=O) groups is 2. The van der Waals surface area contributed by atoms with Gasteiger partial charge in [0.25, 0.3) is 0 Å². The molecule has 0 N–H and O–H groups in total. The highest BCUT2D eigenvalue weighted by Crippen LogP contribution is 2.41. The van der Waals surface area contributed by atoms with Gasteiger partial charge in [-0.05, 0) is 31.1 Å². The lowest BCUT2D eigenvalue weighted by Gasteiger charge is -2.30. The molecule has 0 aromatic carbocycles. The highest BCUT2D eigenvalue weighted by atomic mass is 16.5. The van der Waals surface area contributed by atoms with E-state index in [0.717, 1.165) is 18.9 Å². The largest absolute Gasteiger partial charge is 0.468 e. The van der Waals surface area contributed by atoms with Gasteiger partial charge in [0, 0.05) is 13.0 Å². The van der Waals surface area contributed by atoms with Crippen molar-refractivity contribution in [1.82, 2.24) is 4.90 Å². The van der Waals surface area contributed by atoms with Crippen molar-refractivity contribution in [1.29, 1.82) is 0 Å². The molecule has 1 aliphatic heterocycles. The molecule has 1 heterocycles. The first-order chi connectivity index (χ1) is 7.20. The van der Waals surface area contributed by atoms with Crippen molar-refractivity contribution in [3.8, 4) is 0 Å². The predicted octanol–water partition coefficient (Wildman–Crippen LogP) is 0.808. The number of hydrogen-bond acceptors (Lipinski definition) is 3. The van der Waals surface area contributed by atoms with Crippen molar-refractivity contribution in [2.24, 2.45) is 11.8 Å².